The lowest BCUT2D eigenvalue weighted by Gasteiger charge is -2.32. The summed E-state index contributed by atoms with van der Waals surface area (Å²) in [6.07, 6.45) is 6.91. The second-order valence-corrected chi connectivity index (χ2v) is 6.94. The quantitative estimate of drug-likeness (QED) is 0.908. The lowest BCUT2D eigenvalue weighted by Crippen LogP contribution is -2.44. The van der Waals surface area contributed by atoms with E-state index < -0.39 is 0 Å². The van der Waals surface area contributed by atoms with Gasteiger partial charge in [-0.15, -0.1) is 10.2 Å². The number of piperidine rings is 1. The van der Waals surface area contributed by atoms with E-state index in [2.05, 4.69) is 15.5 Å². The number of carbonyl (C=O) groups is 2. The highest BCUT2D eigenvalue weighted by Gasteiger charge is 2.37. The summed E-state index contributed by atoms with van der Waals surface area (Å²) >= 11 is 0. The van der Waals surface area contributed by atoms with Crippen molar-refractivity contribution in [2.45, 2.75) is 51.5 Å². The third kappa shape index (κ3) is 2.96. The van der Waals surface area contributed by atoms with Crippen LogP contribution in [0.1, 0.15) is 44.3 Å². The summed E-state index contributed by atoms with van der Waals surface area (Å²) in [5, 5.41) is 11.2. The van der Waals surface area contributed by atoms with E-state index in [1.165, 1.54) is 0 Å². The Bertz CT molecular complexity index is 622. The van der Waals surface area contributed by atoms with Gasteiger partial charge in [0.2, 0.25) is 17.8 Å². The molecule has 0 unspecified atom stereocenters. The smallest absolute Gasteiger partial charge is 0.231 e. The van der Waals surface area contributed by atoms with Crippen LogP contribution in [-0.4, -0.2) is 44.6 Å². The van der Waals surface area contributed by atoms with Crippen molar-refractivity contribution in [3.05, 3.63) is 5.82 Å². The van der Waals surface area contributed by atoms with Crippen molar-refractivity contribution < 1.29 is 9.59 Å². The molecule has 2 fully saturated rings. The number of likely N-dealkylation sites (tertiary alicyclic amines) is 1. The SMILES string of the molecule is O=C(Nc1nnc2n1CCCC2)[C@@H]1CCCN(C(=O)C2CC2)C1. The number of carbonyl (C=O) groups excluding carboxylic acids is 2. The Balaban J connectivity index is 1.40. The van der Waals surface area contributed by atoms with Crippen LogP contribution in [0, 0.1) is 11.8 Å². The molecule has 3 aliphatic rings. The number of rotatable bonds is 3. The number of nitrogens with one attached hydrogen (secondary N) is 1. The van der Waals surface area contributed by atoms with Crippen molar-refractivity contribution >= 4 is 17.8 Å². The molecule has 1 aromatic heterocycles. The van der Waals surface area contributed by atoms with Crippen LogP contribution >= 0.6 is 0 Å². The van der Waals surface area contributed by atoms with Gasteiger partial charge in [-0.25, -0.2) is 0 Å². The summed E-state index contributed by atoms with van der Waals surface area (Å²) in [5.41, 5.74) is 0. The van der Waals surface area contributed by atoms with Gasteiger partial charge in [0.1, 0.15) is 5.82 Å². The lowest BCUT2D eigenvalue weighted by atomic mass is 9.97. The minimum absolute atomic E-state index is 0.0286. The Morgan fingerprint density at radius 1 is 1.00 bits per heavy atom. The van der Waals surface area contributed by atoms with Gasteiger partial charge in [-0.3, -0.25) is 19.5 Å². The first-order chi connectivity index (χ1) is 11.2. The Hall–Kier alpha value is -1.92. The highest BCUT2D eigenvalue weighted by atomic mass is 16.2. The maximum Gasteiger partial charge on any atom is 0.231 e. The zero-order chi connectivity index (χ0) is 15.8. The lowest BCUT2D eigenvalue weighted by molar-refractivity contribution is -0.135. The fraction of sp³-hybridized carbons (Fsp3) is 0.750. The highest BCUT2D eigenvalue weighted by Crippen LogP contribution is 2.32. The second-order valence-electron chi connectivity index (χ2n) is 6.94. The van der Waals surface area contributed by atoms with E-state index in [0.717, 1.165) is 63.9 Å². The first-order valence-electron chi connectivity index (χ1n) is 8.74. The molecule has 7 nitrogen and oxygen atoms in total. The molecule has 4 rings (SSSR count). The van der Waals surface area contributed by atoms with Gasteiger partial charge in [-0.1, -0.05) is 0 Å². The number of hydrogen-bond donors (Lipinski definition) is 1. The maximum atomic E-state index is 12.6. The molecular formula is C16H23N5O2. The van der Waals surface area contributed by atoms with Crippen molar-refractivity contribution in [1.29, 1.82) is 0 Å². The Labute approximate surface area is 135 Å². The molecule has 1 saturated heterocycles. The molecule has 7 heteroatoms. The Morgan fingerprint density at radius 2 is 1.87 bits per heavy atom. The van der Waals surface area contributed by atoms with Gasteiger partial charge in [0.25, 0.3) is 0 Å². The monoisotopic (exact) mass is 317 g/mol. The van der Waals surface area contributed by atoms with Crippen LogP contribution < -0.4 is 5.32 Å². The zero-order valence-corrected chi connectivity index (χ0v) is 13.3. The number of amides is 2. The molecule has 124 valence electrons. The average Bonchev–Trinajstić information content (AvgIpc) is 3.37. The van der Waals surface area contributed by atoms with Gasteiger partial charge in [-0.2, -0.15) is 0 Å². The topological polar surface area (TPSA) is 80.1 Å². The average molecular weight is 317 g/mol. The van der Waals surface area contributed by atoms with Gasteiger partial charge >= 0.3 is 0 Å². The molecule has 1 N–H and O–H groups in total. The summed E-state index contributed by atoms with van der Waals surface area (Å²) in [6, 6.07) is 0. The van der Waals surface area contributed by atoms with Crippen molar-refractivity contribution in [3.63, 3.8) is 0 Å². The maximum absolute atomic E-state index is 12.6. The first kappa shape index (κ1) is 14.7. The van der Waals surface area contributed by atoms with E-state index in [1.54, 1.807) is 0 Å². The van der Waals surface area contributed by atoms with Crippen LogP contribution in [0.15, 0.2) is 0 Å². The predicted molar refractivity (Wildman–Crippen MR) is 83.6 cm³/mol. The van der Waals surface area contributed by atoms with E-state index in [9.17, 15) is 9.59 Å². The third-order valence-corrected chi connectivity index (χ3v) is 5.12. The fourth-order valence-electron chi connectivity index (χ4n) is 3.59. The third-order valence-electron chi connectivity index (χ3n) is 5.12. The summed E-state index contributed by atoms with van der Waals surface area (Å²) in [6.45, 7) is 2.20. The van der Waals surface area contributed by atoms with Crippen LogP contribution in [0.25, 0.3) is 0 Å². The van der Waals surface area contributed by atoms with E-state index in [1.807, 2.05) is 9.47 Å². The summed E-state index contributed by atoms with van der Waals surface area (Å²) in [4.78, 5) is 26.7. The number of anilines is 1. The molecule has 1 atom stereocenters. The van der Waals surface area contributed by atoms with Crippen molar-refractivity contribution in [2.75, 3.05) is 18.4 Å². The van der Waals surface area contributed by atoms with Gasteiger partial charge < -0.3 is 4.90 Å². The molecule has 3 heterocycles. The number of aromatic nitrogens is 3. The molecule has 0 radical (unpaired) electrons. The summed E-state index contributed by atoms with van der Waals surface area (Å²) in [7, 11) is 0. The minimum Gasteiger partial charge on any atom is -0.342 e. The van der Waals surface area contributed by atoms with E-state index in [0.29, 0.717) is 12.5 Å². The van der Waals surface area contributed by atoms with E-state index in [-0.39, 0.29) is 23.7 Å². The molecule has 23 heavy (non-hydrogen) atoms. The fourth-order valence-corrected chi connectivity index (χ4v) is 3.59. The van der Waals surface area contributed by atoms with Crippen molar-refractivity contribution in [1.82, 2.24) is 19.7 Å². The molecule has 1 aliphatic carbocycles. The minimum atomic E-state index is -0.136. The molecule has 0 spiro atoms. The normalized spacial score (nSPS) is 24.2. The summed E-state index contributed by atoms with van der Waals surface area (Å²) in [5.74, 6) is 1.82. The van der Waals surface area contributed by atoms with Crippen LogP contribution in [-0.2, 0) is 22.6 Å². The zero-order valence-electron chi connectivity index (χ0n) is 13.3. The van der Waals surface area contributed by atoms with Gasteiger partial charge in [0, 0.05) is 32.0 Å². The van der Waals surface area contributed by atoms with Crippen LogP contribution in [0.2, 0.25) is 0 Å². The van der Waals surface area contributed by atoms with E-state index >= 15 is 0 Å². The Kier molecular flexibility index (Phi) is 3.79. The molecule has 1 saturated carbocycles. The van der Waals surface area contributed by atoms with Gasteiger partial charge in [0.15, 0.2) is 0 Å². The standard InChI is InChI=1S/C16H23N5O2/c22-14(17-16-19-18-13-5-1-2-9-21(13)16)12-4-3-8-20(10-12)15(23)11-6-7-11/h11-12H,1-10H2,(H,17,19,22)/t12-/m1/s1. The molecule has 0 aromatic carbocycles. The van der Waals surface area contributed by atoms with E-state index in [4.69, 9.17) is 0 Å². The predicted octanol–water partition coefficient (Wildman–Crippen LogP) is 1.20. The second kappa shape index (κ2) is 5.94. The van der Waals surface area contributed by atoms with Crippen LogP contribution in [0.3, 0.4) is 0 Å². The Morgan fingerprint density at radius 3 is 2.70 bits per heavy atom. The molecule has 1 aromatic rings. The van der Waals surface area contributed by atoms with Crippen molar-refractivity contribution in [2.24, 2.45) is 11.8 Å². The van der Waals surface area contributed by atoms with Gasteiger partial charge in [-0.05, 0) is 38.5 Å². The number of aryl methyl sites for hydroxylation is 1. The largest absolute Gasteiger partial charge is 0.342 e. The molecule has 0 bridgehead atoms. The molecule has 2 aliphatic heterocycles. The van der Waals surface area contributed by atoms with Gasteiger partial charge in [0.05, 0.1) is 5.92 Å². The van der Waals surface area contributed by atoms with Crippen molar-refractivity contribution in [3.8, 4) is 0 Å². The number of hydrogen-bond acceptors (Lipinski definition) is 4. The highest BCUT2D eigenvalue weighted by molar-refractivity contribution is 5.92. The molecular weight excluding hydrogens is 294 g/mol. The number of nitrogens with zero attached hydrogens (tertiary/aromatic N) is 4. The van der Waals surface area contributed by atoms with Crippen LogP contribution in [0.4, 0.5) is 5.95 Å². The molecule has 2 amide bonds. The van der Waals surface area contributed by atoms with Crippen LogP contribution in [0.5, 0.6) is 0 Å². The first-order valence-corrected chi connectivity index (χ1v) is 8.74. The number of fused-ring (bicyclic) bond motifs is 1. The summed E-state index contributed by atoms with van der Waals surface area (Å²) < 4.78 is 2.01.